The van der Waals surface area contributed by atoms with Gasteiger partial charge in [-0.1, -0.05) is 23.2 Å². The average Bonchev–Trinajstić information content (AvgIpc) is 3.11. The maximum Gasteiger partial charge on any atom is 0.330 e. The topological polar surface area (TPSA) is 78.0 Å². The van der Waals surface area contributed by atoms with Crippen molar-refractivity contribution in [3.63, 3.8) is 0 Å². The largest absolute Gasteiger partial charge is 0.330 e. The molecule has 2 aromatic heterocycles. The Morgan fingerprint density at radius 2 is 1.65 bits per heavy atom. The predicted molar refractivity (Wildman–Crippen MR) is 124 cm³/mol. The van der Waals surface area contributed by atoms with E-state index < -0.39 is 11.2 Å². The van der Waals surface area contributed by atoms with E-state index in [4.69, 9.17) is 23.2 Å². The second kappa shape index (κ2) is 7.76. The summed E-state index contributed by atoms with van der Waals surface area (Å²) in [4.78, 5) is 36.9. The molecule has 0 radical (unpaired) electrons. The van der Waals surface area contributed by atoms with Crippen molar-refractivity contribution in [2.45, 2.75) is 6.92 Å². The summed E-state index contributed by atoms with van der Waals surface area (Å²) >= 11 is 12.6. The molecule has 158 valence electrons. The number of fused-ring (bicyclic) bond motifs is 1. The molecule has 0 saturated heterocycles. The molecule has 31 heavy (non-hydrogen) atoms. The van der Waals surface area contributed by atoms with Crippen LogP contribution >= 0.6 is 23.2 Å². The van der Waals surface area contributed by atoms with E-state index >= 15 is 0 Å². The summed E-state index contributed by atoms with van der Waals surface area (Å²) in [5.74, 6) is -0.174. The molecular formula is C22H18Cl2N4O3. The maximum atomic E-state index is 13.1. The van der Waals surface area contributed by atoms with E-state index in [0.717, 1.165) is 10.3 Å². The van der Waals surface area contributed by atoms with E-state index in [1.54, 1.807) is 60.3 Å². The van der Waals surface area contributed by atoms with Crippen molar-refractivity contribution >= 4 is 45.7 Å². The summed E-state index contributed by atoms with van der Waals surface area (Å²) in [6.07, 6.45) is 1.73. The van der Waals surface area contributed by atoms with Crippen LogP contribution in [0.1, 0.15) is 6.92 Å². The number of halogens is 2. The van der Waals surface area contributed by atoms with Crippen LogP contribution in [0.2, 0.25) is 10.0 Å². The van der Waals surface area contributed by atoms with Gasteiger partial charge in [-0.2, -0.15) is 0 Å². The zero-order valence-corrected chi connectivity index (χ0v) is 18.5. The third-order valence-electron chi connectivity index (χ3n) is 5.09. The fourth-order valence-electron chi connectivity index (χ4n) is 3.60. The number of benzene rings is 2. The number of rotatable bonds is 3. The van der Waals surface area contributed by atoms with Gasteiger partial charge in [0, 0.05) is 49.2 Å². The Morgan fingerprint density at radius 3 is 2.26 bits per heavy atom. The van der Waals surface area contributed by atoms with Crippen LogP contribution < -0.4 is 16.6 Å². The molecule has 0 bridgehead atoms. The van der Waals surface area contributed by atoms with Crippen LogP contribution in [0.25, 0.3) is 27.8 Å². The molecule has 2 heterocycles. The summed E-state index contributed by atoms with van der Waals surface area (Å²) in [7, 11) is 3.05. The lowest BCUT2D eigenvalue weighted by molar-refractivity contribution is -0.114. The van der Waals surface area contributed by atoms with Crippen molar-refractivity contribution < 1.29 is 4.79 Å². The molecule has 0 aliphatic rings. The number of carbonyl (C=O) groups excluding carboxylic acids is 1. The molecule has 0 atom stereocenters. The van der Waals surface area contributed by atoms with Gasteiger partial charge in [0.1, 0.15) is 0 Å². The highest BCUT2D eigenvalue weighted by Gasteiger charge is 2.22. The van der Waals surface area contributed by atoms with Gasteiger partial charge < -0.3 is 9.88 Å². The third-order valence-corrected chi connectivity index (χ3v) is 5.64. The van der Waals surface area contributed by atoms with Crippen LogP contribution in [0.4, 0.5) is 5.69 Å². The fraction of sp³-hybridized carbons (Fsp3) is 0.136. The Hall–Kier alpha value is -3.29. The quantitative estimate of drug-likeness (QED) is 0.506. The number of aromatic nitrogens is 3. The minimum Gasteiger partial charge on any atom is -0.326 e. The van der Waals surface area contributed by atoms with Gasteiger partial charge in [0.05, 0.1) is 21.6 Å². The van der Waals surface area contributed by atoms with Gasteiger partial charge in [0.15, 0.2) is 0 Å². The molecule has 7 nitrogen and oxygen atoms in total. The highest BCUT2D eigenvalue weighted by molar-refractivity contribution is 6.36. The summed E-state index contributed by atoms with van der Waals surface area (Å²) < 4.78 is 4.30. The second-order valence-electron chi connectivity index (χ2n) is 7.17. The molecule has 1 amide bonds. The zero-order valence-electron chi connectivity index (χ0n) is 16.9. The lowest BCUT2D eigenvalue weighted by Gasteiger charge is -2.12. The van der Waals surface area contributed by atoms with Gasteiger partial charge in [-0.05, 0) is 42.5 Å². The summed E-state index contributed by atoms with van der Waals surface area (Å²) in [6, 6.07) is 12.2. The van der Waals surface area contributed by atoms with Crippen LogP contribution in [0.15, 0.2) is 58.3 Å². The van der Waals surface area contributed by atoms with Crippen molar-refractivity contribution in [1.82, 2.24) is 13.7 Å². The van der Waals surface area contributed by atoms with Gasteiger partial charge in [-0.3, -0.25) is 18.7 Å². The number of hydrogen-bond acceptors (Lipinski definition) is 3. The predicted octanol–water partition coefficient (Wildman–Crippen LogP) is 3.96. The molecule has 4 rings (SSSR count). The van der Waals surface area contributed by atoms with Crippen molar-refractivity contribution in [3.05, 3.63) is 79.5 Å². The van der Waals surface area contributed by atoms with Crippen molar-refractivity contribution in [3.8, 4) is 16.9 Å². The molecule has 0 saturated carbocycles. The molecule has 0 fully saturated rings. The standard InChI is InChI=1S/C22H18Cl2N4O3/c1-12(29)25-14-5-7-15(8-6-14)28-11-18-19(21(30)27(3)22(31)26(18)2)20(28)16-9-4-13(23)10-17(16)24/h4-11H,1-3H3,(H,25,29). The second-order valence-corrected chi connectivity index (χ2v) is 8.01. The molecule has 0 unspecified atom stereocenters. The van der Waals surface area contributed by atoms with Gasteiger partial charge in [-0.25, -0.2) is 4.79 Å². The van der Waals surface area contributed by atoms with E-state index in [0.29, 0.717) is 37.9 Å². The Kier molecular flexibility index (Phi) is 5.24. The highest BCUT2D eigenvalue weighted by atomic mass is 35.5. The number of nitrogens with zero attached hydrogens (tertiary/aromatic N) is 3. The number of hydrogen-bond donors (Lipinski definition) is 1. The van der Waals surface area contributed by atoms with E-state index in [2.05, 4.69) is 5.32 Å². The zero-order chi connectivity index (χ0) is 22.4. The molecular weight excluding hydrogens is 439 g/mol. The summed E-state index contributed by atoms with van der Waals surface area (Å²) in [6.45, 7) is 1.43. The van der Waals surface area contributed by atoms with Crippen LogP contribution in [0.5, 0.6) is 0 Å². The number of amides is 1. The average molecular weight is 457 g/mol. The first-order valence-electron chi connectivity index (χ1n) is 9.33. The SMILES string of the molecule is CC(=O)Nc1ccc(-n2cc3c(c2-c2ccc(Cl)cc2Cl)c(=O)n(C)c(=O)n3C)cc1. The summed E-state index contributed by atoms with van der Waals surface area (Å²) in [5, 5.41) is 3.93. The smallest absolute Gasteiger partial charge is 0.326 e. The fourth-order valence-corrected chi connectivity index (χ4v) is 4.10. The minimum atomic E-state index is -0.426. The van der Waals surface area contributed by atoms with Gasteiger partial charge in [-0.15, -0.1) is 0 Å². The van der Waals surface area contributed by atoms with Crippen molar-refractivity contribution in [1.29, 1.82) is 0 Å². The summed E-state index contributed by atoms with van der Waals surface area (Å²) in [5.41, 5.74) is 2.13. The lowest BCUT2D eigenvalue weighted by atomic mass is 10.1. The number of anilines is 1. The van der Waals surface area contributed by atoms with Gasteiger partial charge >= 0.3 is 5.69 Å². The van der Waals surface area contributed by atoms with Gasteiger partial charge in [0.2, 0.25) is 5.91 Å². The van der Waals surface area contributed by atoms with E-state index in [1.807, 2.05) is 0 Å². The van der Waals surface area contributed by atoms with E-state index in [9.17, 15) is 14.4 Å². The first kappa shape index (κ1) is 21.0. The van der Waals surface area contributed by atoms with Crippen molar-refractivity contribution in [2.75, 3.05) is 5.32 Å². The van der Waals surface area contributed by atoms with Crippen molar-refractivity contribution in [2.24, 2.45) is 14.1 Å². The molecule has 9 heteroatoms. The Bertz CT molecular complexity index is 1460. The molecule has 4 aromatic rings. The van der Waals surface area contributed by atoms with Crippen LogP contribution in [-0.2, 0) is 18.9 Å². The number of aryl methyl sites for hydroxylation is 1. The van der Waals surface area contributed by atoms with E-state index in [1.165, 1.54) is 18.5 Å². The number of carbonyl (C=O) groups is 1. The monoisotopic (exact) mass is 456 g/mol. The van der Waals surface area contributed by atoms with E-state index in [-0.39, 0.29) is 5.91 Å². The molecule has 2 aromatic carbocycles. The van der Waals surface area contributed by atoms with Crippen LogP contribution in [0.3, 0.4) is 0 Å². The van der Waals surface area contributed by atoms with Crippen LogP contribution in [-0.4, -0.2) is 19.6 Å². The lowest BCUT2D eigenvalue weighted by Crippen LogP contribution is -2.36. The Balaban J connectivity index is 2.09. The molecule has 1 N–H and O–H groups in total. The number of nitrogens with one attached hydrogen (secondary N) is 1. The maximum absolute atomic E-state index is 13.1. The minimum absolute atomic E-state index is 0.174. The Labute approximate surface area is 187 Å². The normalized spacial score (nSPS) is 11.1. The highest BCUT2D eigenvalue weighted by Crippen LogP contribution is 2.36. The van der Waals surface area contributed by atoms with Crippen LogP contribution in [0, 0.1) is 0 Å². The molecule has 0 aliphatic heterocycles. The first-order valence-corrected chi connectivity index (χ1v) is 10.1. The molecule has 0 spiro atoms. The first-order chi connectivity index (χ1) is 14.7. The molecule has 0 aliphatic carbocycles. The third kappa shape index (κ3) is 3.56. The Morgan fingerprint density at radius 1 is 0.968 bits per heavy atom. The van der Waals surface area contributed by atoms with Gasteiger partial charge in [0.25, 0.3) is 5.56 Å².